The van der Waals surface area contributed by atoms with Gasteiger partial charge in [0.25, 0.3) is 0 Å². The van der Waals surface area contributed by atoms with Crippen molar-refractivity contribution >= 4 is 15.9 Å². The van der Waals surface area contributed by atoms with E-state index in [4.69, 9.17) is 5.11 Å². The van der Waals surface area contributed by atoms with Crippen LogP contribution in [-0.4, -0.2) is 11.7 Å². The molecule has 1 rings (SSSR count). The molecule has 1 N–H and O–H groups in total. The molecule has 3 heteroatoms. The molecular weight excluding hydrogens is 247 g/mol. The van der Waals surface area contributed by atoms with Crippen molar-refractivity contribution < 1.29 is 9.50 Å². The summed E-state index contributed by atoms with van der Waals surface area (Å²) >= 11 is 3.34. The number of rotatable bonds is 4. The Hall–Kier alpha value is -0.410. The monoisotopic (exact) mass is 260 g/mol. The van der Waals surface area contributed by atoms with Crippen molar-refractivity contribution in [3.8, 4) is 0 Å². The number of hydrogen-bond acceptors (Lipinski definition) is 1. The van der Waals surface area contributed by atoms with Crippen LogP contribution in [0.4, 0.5) is 4.39 Å². The van der Waals surface area contributed by atoms with Gasteiger partial charge < -0.3 is 5.11 Å². The molecule has 0 heterocycles. The van der Waals surface area contributed by atoms with Crippen molar-refractivity contribution in [2.45, 2.75) is 25.9 Å². The van der Waals surface area contributed by atoms with Crippen LogP contribution in [-0.2, 0) is 6.42 Å². The van der Waals surface area contributed by atoms with Gasteiger partial charge in [-0.25, -0.2) is 4.39 Å². The van der Waals surface area contributed by atoms with Gasteiger partial charge in [-0.15, -0.1) is 0 Å². The Labute approximate surface area is 92.1 Å². The molecule has 0 aliphatic carbocycles. The van der Waals surface area contributed by atoms with E-state index >= 15 is 0 Å². The fourth-order valence-electron chi connectivity index (χ4n) is 1.33. The van der Waals surface area contributed by atoms with Gasteiger partial charge in [0.15, 0.2) is 0 Å². The summed E-state index contributed by atoms with van der Waals surface area (Å²) in [7, 11) is 0. The first-order valence-corrected chi connectivity index (χ1v) is 5.47. The Morgan fingerprint density at radius 3 is 2.71 bits per heavy atom. The normalized spacial score (nSPS) is 12.9. The molecule has 0 spiro atoms. The molecule has 1 aromatic carbocycles. The summed E-state index contributed by atoms with van der Waals surface area (Å²) in [5.41, 5.74) is 1.80. The van der Waals surface area contributed by atoms with E-state index in [0.717, 1.165) is 22.9 Å². The standard InChI is InChI=1S/C11H14BrFO/c1-8(13)10-5-4-9(3-2-6-14)7-11(10)12/h4-5,7-8,14H,2-3,6H2,1H3. The minimum absolute atomic E-state index is 0.193. The minimum Gasteiger partial charge on any atom is -0.396 e. The molecule has 0 radical (unpaired) electrons. The molecule has 0 bridgehead atoms. The maximum Gasteiger partial charge on any atom is 0.123 e. The van der Waals surface area contributed by atoms with Crippen molar-refractivity contribution in [3.05, 3.63) is 33.8 Å². The van der Waals surface area contributed by atoms with Gasteiger partial charge in [-0.2, -0.15) is 0 Å². The van der Waals surface area contributed by atoms with E-state index in [1.165, 1.54) is 6.92 Å². The quantitative estimate of drug-likeness (QED) is 0.880. The summed E-state index contributed by atoms with van der Waals surface area (Å²) < 4.78 is 13.8. The van der Waals surface area contributed by atoms with Crippen LogP contribution in [0.15, 0.2) is 22.7 Å². The highest BCUT2D eigenvalue weighted by atomic mass is 79.9. The third-order valence-corrected chi connectivity index (χ3v) is 2.80. The molecule has 1 aromatic rings. The molecule has 0 aliphatic heterocycles. The van der Waals surface area contributed by atoms with Gasteiger partial charge in [0.05, 0.1) is 0 Å². The van der Waals surface area contributed by atoms with E-state index in [0.29, 0.717) is 5.56 Å². The molecule has 1 unspecified atom stereocenters. The first kappa shape index (κ1) is 11.7. The number of aliphatic hydroxyl groups is 1. The number of benzene rings is 1. The first-order valence-electron chi connectivity index (χ1n) is 4.68. The zero-order valence-corrected chi connectivity index (χ0v) is 9.72. The van der Waals surface area contributed by atoms with Crippen LogP contribution in [0.25, 0.3) is 0 Å². The molecule has 0 aromatic heterocycles. The lowest BCUT2D eigenvalue weighted by Crippen LogP contribution is -1.93. The summed E-state index contributed by atoms with van der Waals surface area (Å²) in [5.74, 6) is 0. The van der Waals surface area contributed by atoms with Crippen molar-refractivity contribution in [1.82, 2.24) is 0 Å². The van der Waals surface area contributed by atoms with Gasteiger partial charge in [0, 0.05) is 11.1 Å². The topological polar surface area (TPSA) is 20.2 Å². The molecular formula is C11H14BrFO. The third kappa shape index (κ3) is 3.07. The maximum atomic E-state index is 13.0. The van der Waals surface area contributed by atoms with Crippen molar-refractivity contribution in [2.75, 3.05) is 6.61 Å². The van der Waals surface area contributed by atoms with Crippen molar-refractivity contribution in [2.24, 2.45) is 0 Å². The highest BCUT2D eigenvalue weighted by molar-refractivity contribution is 9.10. The molecule has 0 aliphatic rings. The summed E-state index contributed by atoms with van der Waals surface area (Å²) in [6, 6.07) is 5.62. The molecule has 1 nitrogen and oxygen atoms in total. The fourth-order valence-corrected chi connectivity index (χ4v) is 2.07. The Morgan fingerprint density at radius 2 is 2.21 bits per heavy atom. The Balaban J connectivity index is 2.78. The van der Waals surface area contributed by atoms with E-state index in [2.05, 4.69) is 15.9 Å². The van der Waals surface area contributed by atoms with Gasteiger partial charge in [-0.1, -0.05) is 28.1 Å². The van der Waals surface area contributed by atoms with Gasteiger partial charge in [0.1, 0.15) is 6.17 Å². The van der Waals surface area contributed by atoms with Crippen LogP contribution in [0, 0.1) is 0 Å². The summed E-state index contributed by atoms with van der Waals surface area (Å²) in [6.07, 6.45) is 0.628. The van der Waals surface area contributed by atoms with E-state index in [-0.39, 0.29) is 6.61 Å². The predicted octanol–water partition coefficient (Wildman–Crippen LogP) is 3.40. The van der Waals surface area contributed by atoms with Crippen LogP contribution in [0.2, 0.25) is 0 Å². The minimum atomic E-state index is -0.948. The second-order valence-electron chi connectivity index (χ2n) is 3.30. The number of aliphatic hydroxyl groups excluding tert-OH is 1. The highest BCUT2D eigenvalue weighted by Gasteiger charge is 2.07. The molecule has 1 atom stereocenters. The van der Waals surface area contributed by atoms with Gasteiger partial charge >= 0.3 is 0 Å². The Bertz CT molecular complexity index is 299. The summed E-state index contributed by atoms with van der Waals surface area (Å²) in [5, 5.41) is 8.67. The van der Waals surface area contributed by atoms with Crippen LogP contribution in [0.3, 0.4) is 0 Å². The zero-order chi connectivity index (χ0) is 10.6. The fraction of sp³-hybridized carbons (Fsp3) is 0.455. The smallest absolute Gasteiger partial charge is 0.123 e. The Morgan fingerprint density at radius 1 is 1.50 bits per heavy atom. The van der Waals surface area contributed by atoms with Gasteiger partial charge in [0.2, 0.25) is 0 Å². The van der Waals surface area contributed by atoms with Crippen molar-refractivity contribution in [3.63, 3.8) is 0 Å². The van der Waals surface area contributed by atoms with E-state index in [1.54, 1.807) is 6.07 Å². The first-order chi connectivity index (χ1) is 6.65. The largest absolute Gasteiger partial charge is 0.396 e. The van der Waals surface area contributed by atoms with Gasteiger partial charge in [-0.3, -0.25) is 0 Å². The van der Waals surface area contributed by atoms with E-state index in [9.17, 15) is 4.39 Å². The third-order valence-electron chi connectivity index (χ3n) is 2.12. The van der Waals surface area contributed by atoms with Crippen LogP contribution >= 0.6 is 15.9 Å². The number of hydrogen-bond donors (Lipinski definition) is 1. The highest BCUT2D eigenvalue weighted by Crippen LogP contribution is 2.27. The molecule has 0 saturated carbocycles. The summed E-state index contributed by atoms with van der Waals surface area (Å²) in [4.78, 5) is 0. The lowest BCUT2D eigenvalue weighted by molar-refractivity contribution is 0.288. The number of halogens is 2. The molecule has 78 valence electrons. The lowest BCUT2D eigenvalue weighted by Gasteiger charge is -2.07. The average Bonchev–Trinajstić information content (AvgIpc) is 2.14. The molecule has 14 heavy (non-hydrogen) atoms. The van der Waals surface area contributed by atoms with Gasteiger partial charge in [-0.05, 0) is 37.0 Å². The van der Waals surface area contributed by atoms with Crippen LogP contribution < -0.4 is 0 Å². The Kier molecular flexibility index (Phi) is 4.55. The summed E-state index contributed by atoms with van der Waals surface area (Å²) in [6.45, 7) is 1.71. The zero-order valence-electron chi connectivity index (χ0n) is 8.13. The number of aryl methyl sites for hydroxylation is 1. The lowest BCUT2D eigenvalue weighted by atomic mass is 10.1. The van der Waals surface area contributed by atoms with Crippen LogP contribution in [0.1, 0.15) is 30.6 Å². The number of alkyl halides is 1. The predicted molar refractivity (Wildman–Crippen MR) is 59.1 cm³/mol. The second kappa shape index (κ2) is 5.47. The molecule has 0 fully saturated rings. The average molecular weight is 261 g/mol. The maximum absolute atomic E-state index is 13.0. The second-order valence-corrected chi connectivity index (χ2v) is 4.15. The van der Waals surface area contributed by atoms with E-state index < -0.39 is 6.17 Å². The SMILES string of the molecule is CC(F)c1ccc(CCCO)cc1Br. The van der Waals surface area contributed by atoms with Crippen LogP contribution in [0.5, 0.6) is 0 Å². The van der Waals surface area contributed by atoms with E-state index in [1.807, 2.05) is 12.1 Å². The molecule has 0 amide bonds. The molecule has 0 saturated heterocycles. The van der Waals surface area contributed by atoms with Crippen molar-refractivity contribution in [1.29, 1.82) is 0 Å².